The fourth-order valence-electron chi connectivity index (χ4n) is 2.63. The number of carbonyl (C=O) groups excluding carboxylic acids is 1. The Kier molecular flexibility index (Phi) is 5.36. The highest BCUT2D eigenvalue weighted by atomic mass is 32.1. The lowest BCUT2D eigenvalue weighted by Gasteiger charge is -2.27. The van der Waals surface area contributed by atoms with Gasteiger partial charge in [0.15, 0.2) is 0 Å². The summed E-state index contributed by atoms with van der Waals surface area (Å²) in [6.07, 6.45) is 0. The SMILES string of the molecule is CNCc1nc(CN2CCN([C@H](C(=O)O)C(C)C)C2=O)cs1. The molecule has 0 radical (unpaired) electrons. The highest BCUT2D eigenvalue weighted by molar-refractivity contribution is 7.09. The van der Waals surface area contributed by atoms with Gasteiger partial charge in [0.25, 0.3) is 0 Å². The summed E-state index contributed by atoms with van der Waals surface area (Å²) in [7, 11) is 1.86. The van der Waals surface area contributed by atoms with Gasteiger partial charge in [-0.1, -0.05) is 13.8 Å². The molecule has 0 aliphatic carbocycles. The average Bonchev–Trinajstić information content (AvgIpc) is 3.00. The molecule has 8 heteroatoms. The van der Waals surface area contributed by atoms with Crippen LogP contribution in [0.25, 0.3) is 0 Å². The van der Waals surface area contributed by atoms with Gasteiger partial charge < -0.3 is 20.2 Å². The van der Waals surface area contributed by atoms with Crippen LogP contribution in [-0.4, -0.2) is 58.1 Å². The maximum absolute atomic E-state index is 12.4. The zero-order valence-corrected chi connectivity index (χ0v) is 13.9. The van der Waals surface area contributed by atoms with E-state index >= 15 is 0 Å². The highest BCUT2D eigenvalue weighted by Crippen LogP contribution is 2.21. The van der Waals surface area contributed by atoms with E-state index in [2.05, 4.69) is 10.3 Å². The fourth-order valence-corrected chi connectivity index (χ4v) is 3.43. The van der Waals surface area contributed by atoms with Gasteiger partial charge in [0, 0.05) is 25.0 Å². The molecule has 7 nitrogen and oxygen atoms in total. The number of hydrogen-bond donors (Lipinski definition) is 2. The minimum Gasteiger partial charge on any atom is -0.480 e. The van der Waals surface area contributed by atoms with Gasteiger partial charge in [-0.15, -0.1) is 11.3 Å². The predicted molar refractivity (Wildman–Crippen MR) is 83.7 cm³/mol. The van der Waals surface area contributed by atoms with E-state index < -0.39 is 12.0 Å². The van der Waals surface area contributed by atoms with Crippen LogP contribution >= 0.6 is 11.3 Å². The molecule has 0 aromatic carbocycles. The minimum atomic E-state index is -0.949. The van der Waals surface area contributed by atoms with Gasteiger partial charge in [-0.25, -0.2) is 14.6 Å². The van der Waals surface area contributed by atoms with Gasteiger partial charge >= 0.3 is 12.0 Å². The minimum absolute atomic E-state index is 0.122. The van der Waals surface area contributed by atoms with Crippen molar-refractivity contribution in [2.75, 3.05) is 20.1 Å². The Morgan fingerprint density at radius 2 is 2.23 bits per heavy atom. The molecular weight excluding hydrogens is 304 g/mol. The van der Waals surface area contributed by atoms with Crippen LogP contribution < -0.4 is 5.32 Å². The number of hydrogen-bond acceptors (Lipinski definition) is 5. The molecule has 1 atom stereocenters. The smallest absolute Gasteiger partial charge is 0.326 e. The van der Waals surface area contributed by atoms with Crippen molar-refractivity contribution in [2.24, 2.45) is 5.92 Å². The standard InChI is InChI=1S/C14H22N4O3S/c1-9(2)12(13(19)20)18-5-4-17(14(18)21)7-10-8-22-11(16-10)6-15-3/h8-9,12,15H,4-7H2,1-3H3,(H,19,20)/t12-/m0/s1. The number of amides is 2. The Morgan fingerprint density at radius 1 is 1.50 bits per heavy atom. The monoisotopic (exact) mass is 326 g/mol. The second-order valence-electron chi connectivity index (χ2n) is 5.69. The molecule has 2 rings (SSSR count). The Hall–Kier alpha value is -1.67. The van der Waals surface area contributed by atoms with Crippen molar-refractivity contribution >= 4 is 23.3 Å². The van der Waals surface area contributed by atoms with Crippen molar-refractivity contribution in [3.63, 3.8) is 0 Å². The number of aromatic nitrogens is 1. The summed E-state index contributed by atoms with van der Waals surface area (Å²) in [6.45, 7) is 5.76. The largest absolute Gasteiger partial charge is 0.480 e. The summed E-state index contributed by atoms with van der Waals surface area (Å²) >= 11 is 1.56. The lowest BCUT2D eigenvalue weighted by Crippen LogP contribution is -2.46. The zero-order chi connectivity index (χ0) is 16.3. The van der Waals surface area contributed by atoms with E-state index in [1.807, 2.05) is 26.3 Å². The number of rotatable bonds is 7. The molecular formula is C14H22N4O3S. The third kappa shape index (κ3) is 3.56. The molecule has 1 aromatic heterocycles. The molecule has 1 aromatic rings. The Balaban J connectivity index is 2.02. The maximum atomic E-state index is 12.4. The van der Waals surface area contributed by atoms with Gasteiger partial charge in [0.1, 0.15) is 11.0 Å². The molecule has 2 amide bonds. The summed E-state index contributed by atoms with van der Waals surface area (Å²) in [6, 6.07) is -0.989. The zero-order valence-electron chi connectivity index (χ0n) is 13.1. The Bertz CT molecular complexity index is 546. The second-order valence-corrected chi connectivity index (χ2v) is 6.63. The molecule has 122 valence electrons. The summed E-state index contributed by atoms with van der Waals surface area (Å²) in [5.41, 5.74) is 0.849. The van der Waals surface area contributed by atoms with Gasteiger partial charge in [0.2, 0.25) is 0 Å². The van der Waals surface area contributed by atoms with Crippen LogP contribution in [0.5, 0.6) is 0 Å². The van der Waals surface area contributed by atoms with E-state index in [0.29, 0.717) is 26.2 Å². The summed E-state index contributed by atoms with van der Waals surface area (Å²) in [5, 5.41) is 15.3. The summed E-state index contributed by atoms with van der Waals surface area (Å²) in [5.74, 6) is -1.07. The van der Waals surface area contributed by atoms with Gasteiger partial charge in [-0.2, -0.15) is 0 Å². The number of nitrogens with zero attached hydrogens (tertiary/aromatic N) is 3. The van der Waals surface area contributed by atoms with E-state index in [-0.39, 0.29) is 11.9 Å². The normalized spacial score (nSPS) is 16.6. The average molecular weight is 326 g/mol. The topological polar surface area (TPSA) is 85.8 Å². The third-order valence-electron chi connectivity index (χ3n) is 3.63. The third-order valence-corrected chi connectivity index (χ3v) is 4.53. The maximum Gasteiger partial charge on any atom is 0.326 e. The van der Waals surface area contributed by atoms with Crippen molar-refractivity contribution in [3.8, 4) is 0 Å². The van der Waals surface area contributed by atoms with Crippen molar-refractivity contribution in [1.82, 2.24) is 20.1 Å². The van der Waals surface area contributed by atoms with Crippen molar-refractivity contribution in [1.29, 1.82) is 0 Å². The molecule has 1 fully saturated rings. The fraction of sp³-hybridized carbons (Fsp3) is 0.643. The number of carboxylic acids is 1. The summed E-state index contributed by atoms with van der Waals surface area (Å²) < 4.78 is 0. The molecule has 0 bridgehead atoms. The molecule has 0 unspecified atom stereocenters. The van der Waals surface area contributed by atoms with Crippen molar-refractivity contribution in [2.45, 2.75) is 33.0 Å². The number of thiazole rings is 1. The first kappa shape index (κ1) is 16.7. The van der Waals surface area contributed by atoms with Gasteiger partial charge in [-0.3, -0.25) is 0 Å². The van der Waals surface area contributed by atoms with E-state index in [9.17, 15) is 14.7 Å². The molecule has 0 spiro atoms. The Labute approximate surface area is 133 Å². The molecule has 1 saturated heterocycles. The van der Waals surface area contributed by atoms with E-state index in [1.54, 1.807) is 16.2 Å². The first-order chi connectivity index (χ1) is 10.4. The molecule has 22 heavy (non-hydrogen) atoms. The van der Waals surface area contributed by atoms with Crippen LogP contribution in [-0.2, 0) is 17.9 Å². The van der Waals surface area contributed by atoms with Crippen LogP contribution in [0.15, 0.2) is 5.38 Å². The number of carbonyl (C=O) groups is 2. The molecule has 1 aliphatic rings. The molecule has 2 N–H and O–H groups in total. The van der Waals surface area contributed by atoms with Crippen LogP contribution in [0.1, 0.15) is 24.5 Å². The molecule has 2 heterocycles. The van der Waals surface area contributed by atoms with E-state index in [4.69, 9.17) is 0 Å². The molecule has 1 aliphatic heterocycles. The first-order valence-corrected chi connectivity index (χ1v) is 8.18. The van der Waals surface area contributed by atoms with Gasteiger partial charge in [0.05, 0.1) is 12.2 Å². The van der Waals surface area contributed by atoms with Crippen molar-refractivity contribution in [3.05, 3.63) is 16.1 Å². The summed E-state index contributed by atoms with van der Waals surface area (Å²) in [4.78, 5) is 31.4. The highest BCUT2D eigenvalue weighted by Gasteiger charge is 2.38. The predicted octanol–water partition coefficient (Wildman–Crippen LogP) is 1.21. The van der Waals surface area contributed by atoms with Crippen LogP contribution in [0.2, 0.25) is 0 Å². The Morgan fingerprint density at radius 3 is 2.82 bits per heavy atom. The van der Waals surface area contributed by atoms with Crippen molar-refractivity contribution < 1.29 is 14.7 Å². The number of carboxylic acid groups (broad SMARTS) is 1. The number of aliphatic carboxylic acids is 1. The second kappa shape index (κ2) is 7.06. The first-order valence-electron chi connectivity index (χ1n) is 7.30. The lowest BCUT2D eigenvalue weighted by molar-refractivity contribution is -0.143. The van der Waals surface area contributed by atoms with Gasteiger partial charge in [-0.05, 0) is 13.0 Å². The van der Waals surface area contributed by atoms with E-state index in [0.717, 1.165) is 10.7 Å². The van der Waals surface area contributed by atoms with Crippen LogP contribution in [0.4, 0.5) is 4.79 Å². The molecule has 0 saturated carbocycles. The van der Waals surface area contributed by atoms with Crippen LogP contribution in [0.3, 0.4) is 0 Å². The lowest BCUT2D eigenvalue weighted by atomic mass is 10.0. The van der Waals surface area contributed by atoms with Crippen LogP contribution in [0, 0.1) is 5.92 Å². The number of urea groups is 1. The number of nitrogens with one attached hydrogen (secondary N) is 1. The quantitative estimate of drug-likeness (QED) is 0.786. The van der Waals surface area contributed by atoms with E-state index in [1.165, 1.54) is 4.90 Å².